The molecule has 0 spiro atoms. The van der Waals surface area contributed by atoms with Crippen LogP contribution >= 0.6 is 11.8 Å². The van der Waals surface area contributed by atoms with Crippen LogP contribution in [0.1, 0.15) is 37.3 Å². The van der Waals surface area contributed by atoms with Gasteiger partial charge in [0, 0.05) is 17.7 Å². The van der Waals surface area contributed by atoms with Crippen LogP contribution in [0.2, 0.25) is 0 Å². The molecule has 2 unspecified atom stereocenters. The van der Waals surface area contributed by atoms with E-state index in [0.29, 0.717) is 0 Å². The first-order valence-electron chi connectivity index (χ1n) is 7.96. The molecule has 1 N–H and O–H groups in total. The van der Waals surface area contributed by atoms with Crippen molar-refractivity contribution < 1.29 is 4.74 Å². The summed E-state index contributed by atoms with van der Waals surface area (Å²) in [6.45, 7) is 4.23. The number of hydrogen-bond donors (Lipinski definition) is 1. The lowest BCUT2D eigenvalue weighted by atomic mass is 10.1. The highest BCUT2D eigenvalue weighted by Crippen LogP contribution is 2.30. The van der Waals surface area contributed by atoms with Crippen LogP contribution < -0.4 is 10.1 Å². The molecule has 20 heavy (non-hydrogen) atoms. The van der Waals surface area contributed by atoms with Gasteiger partial charge >= 0.3 is 0 Å². The fourth-order valence-corrected chi connectivity index (χ4v) is 4.60. The van der Waals surface area contributed by atoms with Crippen molar-refractivity contribution in [3.63, 3.8) is 0 Å². The number of fused-ring (bicyclic) bond motifs is 1. The van der Waals surface area contributed by atoms with Gasteiger partial charge in [0.1, 0.15) is 5.75 Å². The Morgan fingerprint density at radius 3 is 3.20 bits per heavy atom. The van der Waals surface area contributed by atoms with Gasteiger partial charge in [-0.2, -0.15) is 11.8 Å². The van der Waals surface area contributed by atoms with Crippen molar-refractivity contribution in [2.24, 2.45) is 0 Å². The molecule has 0 amide bonds. The quantitative estimate of drug-likeness (QED) is 0.867. The molecule has 2 atom stereocenters. The van der Waals surface area contributed by atoms with E-state index >= 15 is 0 Å². The minimum absolute atomic E-state index is 0.734. The van der Waals surface area contributed by atoms with E-state index in [4.69, 9.17) is 4.74 Å². The highest BCUT2D eigenvalue weighted by molar-refractivity contribution is 7.99. The zero-order valence-corrected chi connectivity index (χ0v) is 13.2. The summed E-state index contributed by atoms with van der Waals surface area (Å²) >= 11 is 2.13. The second-order valence-corrected chi connectivity index (χ2v) is 7.29. The normalized spacial score (nSPS) is 24.6. The van der Waals surface area contributed by atoms with E-state index in [1.807, 2.05) is 0 Å². The Morgan fingerprint density at radius 1 is 1.35 bits per heavy atom. The van der Waals surface area contributed by atoms with E-state index < -0.39 is 0 Å². The van der Waals surface area contributed by atoms with E-state index in [1.54, 1.807) is 0 Å². The number of hydrogen-bond acceptors (Lipinski definition) is 3. The fourth-order valence-electron chi connectivity index (χ4n) is 3.37. The first-order valence-corrected chi connectivity index (χ1v) is 9.01. The van der Waals surface area contributed by atoms with Gasteiger partial charge in [-0.05, 0) is 48.8 Å². The molecule has 0 bridgehead atoms. The monoisotopic (exact) mass is 291 g/mol. The van der Waals surface area contributed by atoms with Gasteiger partial charge in [-0.3, -0.25) is 0 Å². The van der Waals surface area contributed by atoms with Gasteiger partial charge in [0.05, 0.1) is 6.61 Å². The van der Waals surface area contributed by atoms with Crippen molar-refractivity contribution in [1.82, 2.24) is 5.32 Å². The summed E-state index contributed by atoms with van der Waals surface area (Å²) in [7, 11) is 0. The lowest BCUT2D eigenvalue weighted by molar-refractivity contribution is 0.357. The Bertz CT molecular complexity index is 449. The smallest absolute Gasteiger partial charge is 0.122 e. The van der Waals surface area contributed by atoms with Crippen molar-refractivity contribution in [2.75, 3.05) is 18.9 Å². The Kier molecular flexibility index (Phi) is 4.90. The highest BCUT2D eigenvalue weighted by atomic mass is 32.2. The highest BCUT2D eigenvalue weighted by Gasteiger charge is 2.26. The molecule has 1 saturated carbocycles. The molecular formula is C17H25NOS. The van der Waals surface area contributed by atoms with Crippen molar-refractivity contribution in [2.45, 2.75) is 50.3 Å². The minimum Gasteiger partial charge on any atom is -0.493 e. The minimum atomic E-state index is 0.734. The molecule has 110 valence electrons. The molecule has 0 saturated heterocycles. The molecule has 1 aliphatic carbocycles. The van der Waals surface area contributed by atoms with Crippen molar-refractivity contribution >= 4 is 11.8 Å². The van der Waals surface area contributed by atoms with E-state index in [2.05, 4.69) is 42.2 Å². The van der Waals surface area contributed by atoms with E-state index in [9.17, 15) is 0 Å². The van der Waals surface area contributed by atoms with Crippen LogP contribution in [0.3, 0.4) is 0 Å². The molecule has 1 aliphatic heterocycles. The summed E-state index contributed by atoms with van der Waals surface area (Å²) in [4.78, 5) is 0. The van der Waals surface area contributed by atoms with Crippen LogP contribution in [0.25, 0.3) is 0 Å². The number of thioether (sulfide) groups is 1. The molecular weight excluding hydrogens is 266 g/mol. The maximum Gasteiger partial charge on any atom is 0.122 e. The Morgan fingerprint density at radius 2 is 2.30 bits per heavy atom. The van der Waals surface area contributed by atoms with Crippen LogP contribution in [0.15, 0.2) is 18.2 Å². The van der Waals surface area contributed by atoms with E-state index in [-0.39, 0.29) is 0 Å². The Balaban J connectivity index is 1.47. The van der Waals surface area contributed by atoms with Crippen LogP contribution in [-0.4, -0.2) is 30.2 Å². The lowest BCUT2D eigenvalue weighted by Gasteiger charge is -2.20. The summed E-state index contributed by atoms with van der Waals surface area (Å²) in [5, 5.41) is 4.62. The first-order chi connectivity index (χ1) is 9.86. The summed E-state index contributed by atoms with van der Waals surface area (Å²) < 4.78 is 5.56. The van der Waals surface area contributed by atoms with Gasteiger partial charge in [0.2, 0.25) is 0 Å². The predicted octanol–water partition coefficient (Wildman–Crippen LogP) is 3.43. The van der Waals surface area contributed by atoms with Gasteiger partial charge in [-0.25, -0.2) is 0 Å². The molecule has 2 nitrogen and oxygen atoms in total. The van der Waals surface area contributed by atoms with Gasteiger partial charge in [0.25, 0.3) is 0 Å². The standard InChI is InChI=1S/C17H25NOS/c1-2-20-17-5-3-4-15(17)18-10-8-13-6-7-16-14(12-13)9-11-19-16/h6-7,12,15,17-18H,2-5,8-11H2,1H3. The zero-order chi connectivity index (χ0) is 13.8. The summed E-state index contributed by atoms with van der Waals surface area (Å²) in [5.41, 5.74) is 2.84. The fraction of sp³-hybridized carbons (Fsp3) is 0.647. The zero-order valence-electron chi connectivity index (χ0n) is 12.4. The molecule has 0 aromatic heterocycles. The second-order valence-electron chi connectivity index (χ2n) is 5.78. The van der Waals surface area contributed by atoms with Gasteiger partial charge in [0.15, 0.2) is 0 Å². The molecule has 2 aliphatic rings. The maximum atomic E-state index is 5.56. The number of rotatable bonds is 6. The van der Waals surface area contributed by atoms with Crippen molar-refractivity contribution in [3.05, 3.63) is 29.3 Å². The molecule has 0 radical (unpaired) electrons. The third-order valence-electron chi connectivity index (χ3n) is 4.41. The SMILES string of the molecule is CCSC1CCCC1NCCc1ccc2c(c1)CCO2. The van der Waals surface area contributed by atoms with Gasteiger partial charge < -0.3 is 10.1 Å². The molecule has 3 rings (SSSR count). The molecule has 1 heterocycles. The Labute approximate surface area is 126 Å². The average molecular weight is 291 g/mol. The topological polar surface area (TPSA) is 21.3 Å². The third kappa shape index (κ3) is 3.32. The van der Waals surface area contributed by atoms with E-state index in [0.717, 1.165) is 43.0 Å². The molecule has 1 aromatic rings. The van der Waals surface area contributed by atoms with Gasteiger partial charge in [-0.15, -0.1) is 0 Å². The maximum absolute atomic E-state index is 5.56. The average Bonchev–Trinajstić information content (AvgIpc) is 3.08. The lowest BCUT2D eigenvalue weighted by Crippen LogP contribution is -2.35. The van der Waals surface area contributed by atoms with Crippen LogP contribution in [0.5, 0.6) is 5.75 Å². The molecule has 1 aromatic carbocycles. The molecule has 3 heteroatoms. The predicted molar refractivity (Wildman–Crippen MR) is 86.9 cm³/mol. The second kappa shape index (κ2) is 6.86. The number of benzene rings is 1. The van der Waals surface area contributed by atoms with Gasteiger partial charge in [-0.1, -0.05) is 25.5 Å². The summed E-state index contributed by atoms with van der Waals surface area (Å²) in [6.07, 6.45) is 6.36. The molecule has 1 fully saturated rings. The summed E-state index contributed by atoms with van der Waals surface area (Å²) in [6, 6.07) is 7.43. The van der Waals surface area contributed by atoms with Crippen LogP contribution in [-0.2, 0) is 12.8 Å². The number of nitrogens with one attached hydrogen (secondary N) is 1. The first kappa shape index (κ1) is 14.3. The van der Waals surface area contributed by atoms with Crippen molar-refractivity contribution in [1.29, 1.82) is 0 Å². The number of ether oxygens (including phenoxy) is 1. The van der Waals surface area contributed by atoms with Crippen molar-refractivity contribution in [3.8, 4) is 5.75 Å². The third-order valence-corrected chi connectivity index (χ3v) is 5.73. The van der Waals surface area contributed by atoms with Crippen LogP contribution in [0, 0.1) is 0 Å². The van der Waals surface area contributed by atoms with E-state index in [1.165, 1.54) is 36.1 Å². The van der Waals surface area contributed by atoms with Crippen LogP contribution in [0.4, 0.5) is 0 Å². The summed E-state index contributed by atoms with van der Waals surface area (Å²) in [5.74, 6) is 2.34. The largest absolute Gasteiger partial charge is 0.493 e. The Hall–Kier alpha value is -0.670.